The Morgan fingerprint density at radius 3 is 1.76 bits per heavy atom. The fourth-order valence-corrected chi connectivity index (χ4v) is 11.9. The van der Waals surface area contributed by atoms with Crippen molar-refractivity contribution in [3.63, 3.8) is 0 Å². The van der Waals surface area contributed by atoms with Crippen LogP contribution >= 0.6 is 45.3 Å². The number of aromatic nitrogens is 4. The van der Waals surface area contributed by atoms with Crippen molar-refractivity contribution < 1.29 is 19.1 Å². The first kappa shape index (κ1) is 38.9. The van der Waals surface area contributed by atoms with Gasteiger partial charge in [-0.3, -0.25) is 19.6 Å². The second-order valence-corrected chi connectivity index (χ2v) is 19.1. The zero-order chi connectivity index (χ0) is 39.3. The molecule has 6 aromatic heterocycles. The smallest absolute Gasteiger partial charge is 0.410 e. The van der Waals surface area contributed by atoms with Crippen LogP contribution in [0.1, 0.15) is 78.3 Å². The molecule has 0 saturated heterocycles. The number of hydrogen-bond acceptors (Lipinski definition) is 13. The first-order valence-electron chi connectivity index (χ1n) is 18.1. The van der Waals surface area contributed by atoms with Crippen LogP contribution in [0.4, 0.5) is 14.8 Å². The topological polar surface area (TPSA) is 151 Å². The number of hydrogen-bond donors (Lipinski definition) is 3. The highest BCUT2D eigenvalue weighted by Gasteiger charge is 2.32. The van der Waals surface area contributed by atoms with Crippen molar-refractivity contribution in [3.05, 3.63) is 55.8 Å². The first-order chi connectivity index (χ1) is 26.0. The zero-order valence-electron chi connectivity index (χ0n) is 32.4. The van der Waals surface area contributed by atoms with E-state index in [-0.39, 0.29) is 17.9 Å². The van der Waals surface area contributed by atoms with Gasteiger partial charge in [0.2, 0.25) is 11.8 Å². The average Bonchev–Trinajstić information content (AvgIpc) is 3.85. The lowest BCUT2D eigenvalue weighted by Gasteiger charge is -2.30. The van der Waals surface area contributed by atoms with Crippen LogP contribution in [-0.2, 0) is 40.3 Å². The van der Waals surface area contributed by atoms with E-state index in [1.54, 1.807) is 45.8 Å². The Morgan fingerprint density at radius 2 is 1.25 bits per heavy atom. The minimum absolute atomic E-state index is 0.0439. The predicted octanol–water partition coefficient (Wildman–Crippen LogP) is 8.93. The van der Waals surface area contributed by atoms with Gasteiger partial charge < -0.3 is 25.6 Å². The molecule has 3 amide bonds. The fourth-order valence-electron chi connectivity index (χ4n) is 6.84. The summed E-state index contributed by atoms with van der Waals surface area (Å²) >= 11 is 6.46. The molecule has 0 fully saturated rings. The third kappa shape index (κ3) is 8.28. The number of carbonyl (C=O) groups excluding carboxylic acids is 3. The van der Waals surface area contributed by atoms with Crippen LogP contribution in [0.15, 0.2) is 12.1 Å². The Balaban J connectivity index is 0.000000174. The van der Waals surface area contributed by atoms with E-state index in [0.29, 0.717) is 19.5 Å². The minimum atomic E-state index is -0.537. The number of rotatable bonds is 4. The summed E-state index contributed by atoms with van der Waals surface area (Å²) in [7, 11) is 0. The molecule has 6 aromatic rings. The van der Waals surface area contributed by atoms with Gasteiger partial charge in [-0.2, -0.15) is 0 Å². The molecule has 16 heteroatoms. The quantitative estimate of drug-likeness (QED) is 0.158. The second kappa shape index (κ2) is 15.3. The molecular formula is C39H44N8O4S4. The normalized spacial score (nSPS) is 13.9. The van der Waals surface area contributed by atoms with E-state index < -0.39 is 5.60 Å². The Hall–Kier alpha value is -4.35. The summed E-state index contributed by atoms with van der Waals surface area (Å²) in [5, 5.41) is 12.9. The highest BCUT2D eigenvalue weighted by atomic mass is 32.1. The molecule has 0 unspecified atom stereocenters. The van der Waals surface area contributed by atoms with Crippen LogP contribution < -0.4 is 16.0 Å². The summed E-state index contributed by atoms with van der Waals surface area (Å²) < 4.78 is 7.78. The number of thiazole rings is 2. The third-order valence-electron chi connectivity index (χ3n) is 9.00. The molecule has 2 aliphatic rings. The van der Waals surface area contributed by atoms with Crippen molar-refractivity contribution >= 4 is 93.7 Å². The Bertz CT molecular complexity index is 2490. The summed E-state index contributed by atoms with van der Waals surface area (Å²) in [6.45, 7) is 19.5. The SMILES string of the molecule is CC(=O)Nc1sc2c(c1-c1nc3c(C)nc(C)cc3s1)CCN(C(=O)OC(C)(C)C)C2.CC(=O)Nc1sc2c(c1-c1nc3c(C)nc(C)cc3s1)CCNC2. The highest BCUT2D eigenvalue weighted by molar-refractivity contribution is 7.23. The highest BCUT2D eigenvalue weighted by Crippen LogP contribution is 2.47. The molecule has 0 spiro atoms. The van der Waals surface area contributed by atoms with Gasteiger partial charge in [0.05, 0.1) is 27.3 Å². The van der Waals surface area contributed by atoms with E-state index in [2.05, 4.69) is 32.0 Å². The number of nitrogens with one attached hydrogen (secondary N) is 3. The lowest BCUT2D eigenvalue weighted by molar-refractivity contribution is -0.115. The summed E-state index contributed by atoms with van der Waals surface area (Å²) in [6, 6.07) is 4.13. The number of nitrogens with zero attached hydrogens (tertiary/aromatic N) is 5. The van der Waals surface area contributed by atoms with E-state index in [9.17, 15) is 14.4 Å². The molecule has 12 nitrogen and oxygen atoms in total. The van der Waals surface area contributed by atoms with E-state index in [1.807, 2.05) is 54.5 Å². The Morgan fingerprint density at radius 1 is 0.745 bits per heavy atom. The van der Waals surface area contributed by atoms with Gasteiger partial charge in [0.25, 0.3) is 0 Å². The zero-order valence-corrected chi connectivity index (χ0v) is 35.7. The number of ether oxygens (including phenoxy) is 1. The van der Waals surface area contributed by atoms with Gasteiger partial charge in [-0.05, 0) is 91.1 Å². The molecule has 0 saturated carbocycles. The van der Waals surface area contributed by atoms with Crippen LogP contribution in [0, 0.1) is 27.7 Å². The number of fused-ring (bicyclic) bond motifs is 4. The fraction of sp³-hybridized carbons (Fsp3) is 0.410. The van der Waals surface area contributed by atoms with Gasteiger partial charge in [-0.25, -0.2) is 14.8 Å². The van der Waals surface area contributed by atoms with Crippen LogP contribution in [-0.4, -0.2) is 61.4 Å². The number of pyridine rings is 2. The van der Waals surface area contributed by atoms with Crippen molar-refractivity contribution in [1.29, 1.82) is 0 Å². The van der Waals surface area contributed by atoms with Gasteiger partial charge >= 0.3 is 6.09 Å². The van der Waals surface area contributed by atoms with Crippen LogP contribution in [0.5, 0.6) is 0 Å². The lowest BCUT2D eigenvalue weighted by Crippen LogP contribution is -2.39. The lowest BCUT2D eigenvalue weighted by atomic mass is 10.0. The van der Waals surface area contributed by atoms with Crippen LogP contribution in [0.2, 0.25) is 0 Å². The molecule has 55 heavy (non-hydrogen) atoms. The molecule has 3 N–H and O–H groups in total. The van der Waals surface area contributed by atoms with Crippen molar-refractivity contribution in [2.45, 2.75) is 93.8 Å². The molecule has 288 valence electrons. The van der Waals surface area contributed by atoms with Gasteiger partial charge in [0.1, 0.15) is 36.7 Å². The Kier molecular flexibility index (Phi) is 10.8. The standard InChI is InChI=1S/C22H26N4O3S2.C17H18N4OS2/c1-11-9-15-18(12(2)23-11)25-20(30-15)17-14-7-8-26(21(28)29-22(4,5)6)10-16(14)31-19(17)24-13(3)27;1-8-6-12-15(9(2)19-8)21-17(23-12)14-11-4-5-18-7-13(11)24-16(14)20-10(3)22/h9H,7-8,10H2,1-6H3,(H,24,27);6,18H,4-5,7H2,1-3H3,(H,20,22). The number of amides is 3. The van der Waals surface area contributed by atoms with E-state index in [0.717, 1.165) is 104 Å². The first-order valence-corrected chi connectivity index (χ1v) is 21.3. The Labute approximate surface area is 335 Å². The van der Waals surface area contributed by atoms with Gasteiger partial charge in [0, 0.05) is 59.2 Å². The number of thiophene rings is 2. The largest absolute Gasteiger partial charge is 0.444 e. The van der Waals surface area contributed by atoms with Crippen molar-refractivity contribution in [2.24, 2.45) is 0 Å². The van der Waals surface area contributed by atoms with Gasteiger partial charge in [-0.15, -0.1) is 45.3 Å². The average molecular weight is 817 g/mol. The van der Waals surface area contributed by atoms with Crippen LogP contribution in [0.3, 0.4) is 0 Å². The van der Waals surface area contributed by atoms with Crippen molar-refractivity contribution in [3.8, 4) is 21.1 Å². The van der Waals surface area contributed by atoms with E-state index in [4.69, 9.17) is 14.7 Å². The summed E-state index contributed by atoms with van der Waals surface area (Å²) in [5.74, 6) is -0.170. The molecule has 0 radical (unpaired) electrons. The number of anilines is 2. The molecule has 2 aliphatic heterocycles. The maximum absolute atomic E-state index is 12.6. The second-order valence-electron chi connectivity index (χ2n) is 14.8. The number of carbonyl (C=O) groups is 3. The van der Waals surface area contributed by atoms with Crippen molar-refractivity contribution in [1.82, 2.24) is 30.2 Å². The molecule has 0 aliphatic carbocycles. The van der Waals surface area contributed by atoms with Crippen molar-refractivity contribution in [2.75, 3.05) is 23.7 Å². The minimum Gasteiger partial charge on any atom is -0.444 e. The summed E-state index contributed by atoms with van der Waals surface area (Å²) in [5.41, 5.74) is 9.69. The van der Waals surface area contributed by atoms with E-state index >= 15 is 0 Å². The van der Waals surface area contributed by atoms with E-state index in [1.165, 1.54) is 28.7 Å². The van der Waals surface area contributed by atoms with Crippen LogP contribution in [0.25, 0.3) is 41.6 Å². The molecule has 8 heterocycles. The molecule has 0 bridgehead atoms. The third-order valence-corrected chi connectivity index (χ3v) is 13.3. The van der Waals surface area contributed by atoms with Gasteiger partial charge in [0.15, 0.2) is 0 Å². The molecular weight excluding hydrogens is 773 g/mol. The summed E-state index contributed by atoms with van der Waals surface area (Å²) in [6.07, 6.45) is 1.34. The van der Waals surface area contributed by atoms with Gasteiger partial charge in [-0.1, -0.05) is 0 Å². The predicted molar refractivity (Wildman–Crippen MR) is 225 cm³/mol. The maximum Gasteiger partial charge on any atom is 0.410 e. The number of aryl methyl sites for hydroxylation is 4. The molecule has 8 rings (SSSR count). The molecule has 0 atom stereocenters. The summed E-state index contributed by atoms with van der Waals surface area (Å²) in [4.78, 5) is 59.0. The molecule has 0 aromatic carbocycles. The monoisotopic (exact) mass is 816 g/mol. The maximum atomic E-state index is 12.6.